The summed E-state index contributed by atoms with van der Waals surface area (Å²) in [6.07, 6.45) is 3.27. The van der Waals surface area contributed by atoms with Gasteiger partial charge in [-0.25, -0.2) is 4.98 Å². The lowest BCUT2D eigenvalue weighted by Crippen LogP contribution is -2.34. The number of aryl methyl sites for hydroxylation is 1. The lowest BCUT2D eigenvalue weighted by atomic mass is 9.81. The maximum absolute atomic E-state index is 11.3. The maximum Gasteiger partial charge on any atom is 0.488 e. The molecule has 0 aliphatic heterocycles. The van der Waals surface area contributed by atoms with Gasteiger partial charge in [0.25, 0.3) is 0 Å². The van der Waals surface area contributed by atoms with Gasteiger partial charge in [-0.1, -0.05) is 0 Å². The molecular weight excluding hydrogens is 209 g/mol. The highest BCUT2D eigenvalue weighted by Crippen LogP contribution is 2.03. The van der Waals surface area contributed by atoms with Gasteiger partial charge in [0, 0.05) is 18.5 Å². The quantitative estimate of drug-likeness (QED) is 0.539. The Kier molecular flexibility index (Phi) is 2.63. The molecule has 0 fully saturated rings. The molecule has 0 saturated heterocycles. The van der Waals surface area contributed by atoms with Crippen LogP contribution in [0.1, 0.15) is 5.82 Å². The van der Waals surface area contributed by atoms with E-state index in [2.05, 4.69) is 9.97 Å². The smallest absolute Gasteiger partial charge is 0.423 e. The zero-order chi connectivity index (χ0) is 11.7. The number of hydrogen-bond donors (Lipinski definition) is 3. The number of aromatic nitrogens is 3. The van der Waals surface area contributed by atoms with Gasteiger partial charge in [-0.3, -0.25) is 9.36 Å². The van der Waals surface area contributed by atoms with E-state index in [4.69, 9.17) is 10.0 Å². The fourth-order valence-electron chi connectivity index (χ4n) is 1.46. The molecule has 0 unspecified atom stereocenters. The van der Waals surface area contributed by atoms with E-state index < -0.39 is 12.7 Å². The molecule has 0 aliphatic carbocycles. The van der Waals surface area contributed by atoms with Crippen molar-refractivity contribution in [2.75, 3.05) is 0 Å². The van der Waals surface area contributed by atoms with Crippen molar-refractivity contribution in [2.24, 2.45) is 0 Å². The van der Waals surface area contributed by atoms with Crippen LogP contribution in [-0.2, 0) is 0 Å². The van der Waals surface area contributed by atoms with Gasteiger partial charge < -0.3 is 15.0 Å². The summed E-state index contributed by atoms with van der Waals surface area (Å²) in [4.78, 5) is 17.9. The molecule has 0 spiro atoms. The van der Waals surface area contributed by atoms with Crippen molar-refractivity contribution >= 4 is 12.6 Å². The molecule has 2 aromatic rings. The summed E-state index contributed by atoms with van der Waals surface area (Å²) in [6, 6.07) is 2.63. The van der Waals surface area contributed by atoms with Gasteiger partial charge >= 0.3 is 7.12 Å². The molecule has 2 rings (SSSR count). The Morgan fingerprint density at radius 3 is 2.75 bits per heavy atom. The highest BCUT2D eigenvalue weighted by Gasteiger charge is 2.13. The predicted octanol–water partition coefficient (Wildman–Crippen LogP) is -1.45. The molecule has 3 N–H and O–H groups in total. The van der Waals surface area contributed by atoms with Crippen LogP contribution in [0.5, 0.6) is 0 Å². The third kappa shape index (κ3) is 1.90. The summed E-state index contributed by atoms with van der Waals surface area (Å²) in [5.41, 5.74) is -0.249. The largest absolute Gasteiger partial charge is 0.488 e. The van der Waals surface area contributed by atoms with E-state index in [-0.39, 0.29) is 5.46 Å². The summed E-state index contributed by atoms with van der Waals surface area (Å²) >= 11 is 0. The van der Waals surface area contributed by atoms with E-state index in [1.165, 1.54) is 6.07 Å². The second-order valence-electron chi connectivity index (χ2n) is 3.38. The fraction of sp³-hybridized carbons (Fsp3) is 0.111. The second kappa shape index (κ2) is 3.95. The number of pyridine rings is 1. The number of aromatic amines is 1. The lowest BCUT2D eigenvalue weighted by molar-refractivity contribution is 0.425. The summed E-state index contributed by atoms with van der Waals surface area (Å²) in [7, 11) is -1.66. The SMILES string of the molecule is Cc1nccn1-c1cc(B(O)O)cc(=O)[nH]1. The molecule has 0 aliphatic rings. The van der Waals surface area contributed by atoms with E-state index >= 15 is 0 Å². The van der Waals surface area contributed by atoms with E-state index in [0.29, 0.717) is 11.6 Å². The summed E-state index contributed by atoms with van der Waals surface area (Å²) in [5, 5.41) is 18.0. The zero-order valence-corrected chi connectivity index (χ0v) is 8.58. The van der Waals surface area contributed by atoms with Gasteiger partial charge in [0.1, 0.15) is 11.6 Å². The number of H-pyrrole nitrogens is 1. The minimum absolute atomic E-state index is 0.145. The van der Waals surface area contributed by atoms with Gasteiger partial charge in [-0.05, 0) is 18.5 Å². The third-order valence-corrected chi connectivity index (χ3v) is 2.24. The molecule has 0 amide bonds. The molecule has 0 aromatic carbocycles. The zero-order valence-electron chi connectivity index (χ0n) is 8.58. The van der Waals surface area contributed by atoms with Crippen LogP contribution >= 0.6 is 0 Å². The van der Waals surface area contributed by atoms with Gasteiger partial charge in [0.05, 0.1) is 0 Å². The van der Waals surface area contributed by atoms with Crippen LogP contribution in [0.4, 0.5) is 0 Å². The molecule has 2 heterocycles. The minimum atomic E-state index is -1.66. The average Bonchev–Trinajstić information content (AvgIpc) is 2.63. The first-order chi connectivity index (χ1) is 7.58. The maximum atomic E-state index is 11.3. The predicted molar refractivity (Wildman–Crippen MR) is 58.7 cm³/mol. The Bertz CT molecular complexity index is 561. The third-order valence-electron chi connectivity index (χ3n) is 2.24. The number of rotatable bonds is 2. The number of hydrogen-bond acceptors (Lipinski definition) is 4. The Balaban J connectivity index is 2.58. The van der Waals surface area contributed by atoms with Gasteiger partial charge in [0.15, 0.2) is 0 Å². The van der Waals surface area contributed by atoms with Gasteiger partial charge in [0.2, 0.25) is 5.56 Å². The number of imidazole rings is 1. The molecule has 0 saturated carbocycles. The first kappa shape index (κ1) is 10.7. The van der Waals surface area contributed by atoms with Crippen LogP contribution in [0.2, 0.25) is 0 Å². The standard InChI is InChI=1S/C9H10BN3O3/c1-6-11-2-3-13(6)8-4-7(10(15)16)5-9(14)12-8/h2-5,15-16H,1H3,(H,12,14). The molecule has 7 heteroatoms. The van der Waals surface area contributed by atoms with Gasteiger partial charge in [-0.15, -0.1) is 0 Å². The molecule has 6 nitrogen and oxygen atoms in total. The Morgan fingerprint density at radius 1 is 1.44 bits per heavy atom. The van der Waals surface area contributed by atoms with Crippen molar-refractivity contribution < 1.29 is 10.0 Å². The number of nitrogens with zero attached hydrogens (tertiary/aromatic N) is 2. The van der Waals surface area contributed by atoms with Crippen LogP contribution in [-0.4, -0.2) is 31.7 Å². The van der Waals surface area contributed by atoms with E-state index in [0.717, 1.165) is 6.07 Å². The number of nitrogens with one attached hydrogen (secondary N) is 1. The summed E-state index contributed by atoms with van der Waals surface area (Å²) < 4.78 is 1.65. The highest BCUT2D eigenvalue weighted by atomic mass is 16.4. The molecule has 0 radical (unpaired) electrons. The van der Waals surface area contributed by atoms with Crippen molar-refractivity contribution in [3.8, 4) is 5.82 Å². The van der Waals surface area contributed by atoms with Crippen LogP contribution in [0, 0.1) is 6.92 Å². The summed E-state index contributed by atoms with van der Waals surface area (Å²) in [5.74, 6) is 1.14. The molecule has 0 atom stereocenters. The van der Waals surface area contributed by atoms with Crippen LogP contribution < -0.4 is 11.0 Å². The molecule has 0 bridgehead atoms. The van der Waals surface area contributed by atoms with E-state index in [9.17, 15) is 4.79 Å². The first-order valence-corrected chi connectivity index (χ1v) is 4.68. The normalized spacial score (nSPS) is 10.4. The molecule has 2 aromatic heterocycles. The topological polar surface area (TPSA) is 91.1 Å². The average molecular weight is 219 g/mol. The highest BCUT2D eigenvalue weighted by molar-refractivity contribution is 6.58. The lowest BCUT2D eigenvalue weighted by Gasteiger charge is -2.06. The minimum Gasteiger partial charge on any atom is -0.423 e. The van der Waals surface area contributed by atoms with Crippen molar-refractivity contribution in [3.05, 3.63) is 40.7 Å². The Labute approximate surface area is 91.4 Å². The molecular formula is C9H10BN3O3. The van der Waals surface area contributed by atoms with Gasteiger partial charge in [-0.2, -0.15) is 0 Å². The van der Waals surface area contributed by atoms with Crippen molar-refractivity contribution in [1.82, 2.24) is 14.5 Å². The van der Waals surface area contributed by atoms with Crippen LogP contribution in [0.3, 0.4) is 0 Å². The van der Waals surface area contributed by atoms with Crippen molar-refractivity contribution in [1.29, 1.82) is 0 Å². The molecule has 16 heavy (non-hydrogen) atoms. The molecule has 82 valence electrons. The second-order valence-corrected chi connectivity index (χ2v) is 3.38. The van der Waals surface area contributed by atoms with E-state index in [1.54, 1.807) is 23.9 Å². The first-order valence-electron chi connectivity index (χ1n) is 4.68. The monoisotopic (exact) mass is 219 g/mol. The fourth-order valence-corrected chi connectivity index (χ4v) is 1.46. The van der Waals surface area contributed by atoms with Crippen LogP contribution in [0.25, 0.3) is 5.82 Å². The Morgan fingerprint density at radius 2 is 2.19 bits per heavy atom. The van der Waals surface area contributed by atoms with Crippen LogP contribution in [0.15, 0.2) is 29.3 Å². The van der Waals surface area contributed by atoms with Crippen molar-refractivity contribution in [3.63, 3.8) is 0 Å². The van der Waals surface area contributed by atoms with E-state index in [1.807, 2.05) is 0 Å². The van der Waals surface area contributed by atoms with Crippen molar-refractivity contribution in [2.45, 2.75) is 6.92 Å². The Hall–Kier alpha value is -1.86. The summed E-state index contributed by atoms with van der Waals surface area (Å²) in [6.45, 7) is 1.78.